The molecule has 0 radical (unpaired) electrons. The van der Waals surface area contributed by atoms with E-state index < -0.39 is 0 Å². The molecule has 0 saturated heterocycles. The van der Waals surface area contributed by atoms with E-state index in [0.29, 0.717) is 22.9 Å². The minimum atomic E-state index is 0.331. The summed E-state index contributed by atoms with van der Waals surface area (Å²) in [6.45, 7) is 8.38. The van der Waals surface area contributed by atoms with E-state index in [0.717, 1.165) is 5.00 Å². The second kappa shape index (κ2) is 4.49. The lowest BCUT2D eigenvalue weighted by Crippen LogP contribution is -2.36. The molecule has 0 aliphatic carbocycles. The second-order valence-corrected chi connectivity index (χ2v) is 4.92. The molecule has 2 N–H and O–H groups in total. The summed E-state index contributed by atoms with van der Waals surface area (Å²) in [7, 11) is 0. The maximum Gasteiger partial charge on any atom is 0.183 e. The van der Waals surface area contributed by atoms with E-state index in [9.17, 15) is 0 Å². The molecule has 82 valence electrons. The molecule has 1 aromatic heterocycles. The van der Waals surface area contributed by atoms with Crippen molar-refractivity contribution in [1.82, 2.24) is 4.98 Å². The van der Waals surface area contributed by atoms with Gasteiger partial charge < -0.3 is 10.6 Å². The third kappa shape index (κ3) is 2.39. The van der Waals surface area contributed by atoms with Gasteiger partial charge in [-0.2, -0.15) is 5.26 Å². The van der Waals surface area contributed by atoms with Crippen LogP contribution in [0.1, 0.15) is 33.4 Å². The Balaban J connectivity index is 3.17. The smallest absolute Gasteiger partial charge is 0.183 e. The number of rotatable bonds is 3. The predicted octanol–water partition coefficient (Wildman–Crippen LogP) is 2.22. The fourth-order valence-electron chi connectivity index (χ4n) is 1.64. The molecule has 1 heterocycles. The van der Waals surface area contributed by atoms with Gasteiger partial charge in [0.1, 0.15) is 11.1 Å². The number of hydrogen-bond donors (Lipinski definition) is 1. The summed E-state index contributed by atoms with van der Waals surface area (Å²) in [5, 5.41) is 10.3. The van der Waals surface area contributed by atoms with Crippen molar-refractivity contribution in [2.75, 3.05) is 10.6 Å². The maximum atomic E-state index is 8.96. The van der Waals surface area contributed by atoms with Gasteiger partial charge in [-0.25, -0.2) is 4.98 Å². The van der Waals surface area contributed by atoms with E-state index in [-0.39, 0.29) is 0 Å². The van der Waals surface area contributed by atoms with Crippen molar-refractivity contribution >= 4 is 21.5 Å². The van der Waals surface area contributed by atoms with Gasteiger partial charge in [-0.3, -0.25) is 0 Å². The molecule has 0 bridgehead atoms. The molecule has 15 heavy (non-hydrogen) atoms. The molecule has 0 spiro atoms. The first-order valence-corrected chi connectivity index (χ1v) is 5.73. The Kier molecular flexibility index (Phi) is 3.53. The molecule has 4 nitrogen and oxygen atoms in total. The third-order valence-electron chi connectivity index (χ3n) is 2.08. The maximum absolute atomic E-state index is 8.96. The van der Waals surface area contributed by atoms with Crippen LogP contribution in [0.15, 0.2) is 0 Å². The summed E-state index contributed by atoms with van der Waals surface area (Å²) in [5.41, 5.74) is 6.05. The van der Waals surface area contributed by atoms with Crippen LogP contribution in [0.2, 0.25) is 0 Å². The molecule has 0 aromatic carbocycles. The molecule has 0 aliphatic heterocycles. The SMILES string of the molecule is CC(C)N(c1sc(N)nc1C#N)C(C)C. The van der Waals surface area contributed by atoms with E-state index in [1.54, 1.807) is 0 Å². The molecule has 0 unspecified atom stereocenters. The molecule has 0 aliphatic rings. The van der Waals surface area contributed by atoms with Crippen molar-refractivity contribution in [3.63, 3.8) is 0 Å². The number of aromatic nitrogens is 1. The summed E-state index contributed by atoms with van der Waals surface area (Å²) in [6, 6.07) is 2.75. The zero-order valence-corrected chi connectivity index (χ0v) is 10.3. The van der Waals surface area contributed by atoms with Crippen molar-refractivity contribution in [3.05, 3.63) is 5.69 Å². The Morgan fingerprint density at radius 1 is 1.33 bits per heavy atom. The standard InChI is InChI=1S/C10H16N4S/c1-6(2)14(7(3)4)9-8(5-11)13-10(12)15-9/h6-7H,1-4H3,(H2,12,13). The lowest BCUT2D eigenvalue weighted by atomic mass is 10.2. The lowest BCUT2D eigenvalue weighted by molar-refractivity contribution is 0.612. The summed E-state index contributed by atoms with van der Waals surface area (Å²) in [6.07, 6.45) is 0. The van der Waals surface area contributed by atoms with Crippen molar-refractivity contribution < 1.29 is 0 Å². The van der Waals surface area contributed by atoms with Crippen LogP contribution >= 0.6 is 11.3 Å². The lowest BCUT2D eigenvalue weighted by Gasteiger charge is -2.31. The van der Waals surface area contributed by atoms with Crippen molar-refractivity contribution in [2.24, 2.45) is 0 Å². The van der Waals surface area contributed by atoms with Crippen LogP contribution in [0, 0.1) is 11.3 Å². The Labute approximate surface area is 94.3 Å². The van der Waals surface area contributed by atoms with Gasteiger partial charge in [-0.05, 0) is 27.7 Å². The topological polar surface area (TPSA) is 65.9 Å². The normalized spacial score (nSPS) is 10.7. The molecule has 5 heteroatoms. The molecular formula is C10H16N4S. The van der Waals surface area contributed by atoms with Crippen LogP contribution in [-0.4, -0.2) is 17.1 Å². The van der Waals surface area contributed by atoms with E-state index >= 15 is 0 Å². The molecule has 1 rings (SSSR count). The third-order valence-corrected chi connectivity index (χ3v) is 2.98. The highest BCUT2D eigenvalue weighted by Crippen LogP contribution is 2.32. The average molecular weight is 224 g/mol. The van der Waals surface area contributed by atoms with E-state index in [1.807, 2.05) is 0 Å². The first-order chi connectivity index (χ1) is 6.97. The largest absolute Gasteiger partial charge is 0.375 e. The number of nitriles is 1. The van der Waals surface area contributed by atoms with E-state index in [1.165, 1.54) is 11.3 Å². The van der Waals surface area contributed by atoms with Crippen molar-refractivity contribution in [2.45, 2.75) is 39.8 Å². The molecular weight excluding hydrogens is 208 g/mol. The van der Waals surface area contributed by atoms with Crippen LogP contribution in [0.4, 0.5) is 10.1 Å². The van der Waals surface area contributed by atoms with Gasteiger partial charge in [-0.15, -0.1) is 0 Å². The van der Waals surface area contributed by atoms with Gasteiger partial charge in [0.05, 0.1) is 0 Å². The minimum absolute atomic E-state index is 0.331. The zero-order valence-electron chi connectivity index (χ0n) is 9.48. The Hall–Kier alpha value is -1.28. The summed E-state index contributed by atoms with van der Waals surface area (Å²) in [5.74, 6) is 0. The van der Waals surface area contributed by atoms with Crippen LogP contribution in [-0.2, 0) is 0 Å². The highest BCUT2D eigenvalue weighted by molar-refractivity contribution is 7.19. The Morgan fingerprint density at radius 3 is 2.27 bits per heavy atom. The highest BCUT2D eigenvalue weighted by Gasteiger charge is 2.21. The van der Waals surface area contributed by atoms with Crippen LogP contribution in [0.25, 0.3) is 0 Å². The van der Waals surface area contributed by atoms with Gasteiger partial charge in [-0.1, -0.05) is 11.3 Å². The Bertz CT molecular complexity index is 367. The molecule has 0 saturated carbocycles. The molecule has 0 amide bonds. The number of thiazole rings is 1. The molecule has 1 aromatic rings. The van der Waals surface area contributed by atoms with Crippen LogP contribution in [0.3, 0.4) is 0 Å². The van der Waals surface area contributed by atoms with Crippen LogP contribution < -0.4 is 10.6 Å². The van der Waals surface area contributed by atoms with Crippen molar-refractivity contribution in [1.29, 1.82) is 5.26 Å². The molecule has 0 atom stereocenters. The average Bonchev–Trinajstić information content (AvgIpc) is 2.45. The van der Waals surface area contributed by atoms with Gasteiger partial charge >= 0.3 is 0 Å². The second-order valence-electron chi connectivity index (χ2n) is 3.91. The molecule has 0 fully saturated rings. The summed E-state index contributed by atoms with van der Waals surface area (Å²) in [4.78, 5) is 6.17. The van der Waals surface area contributed by atoms with E-state index in [2.05, 4.69) is 43.6 Å². The highest BCUT2D eigenvalue weighted by atomic mass is 32.1. The zero-order chi connectivity index (χ0) is 11.6. The van der Waals surface area contributed by atoms with Gasteiger partial charge in [0.15, 0.2) is 10.8 Å². The van der Waals surface area contributed by atoms with Gasteiger partial charge in [0, 0.05) is 12.1 Å². The minimum Gasteiger partial charge on any atom is -0.375 e. The predicted molar refractivity (Wildman–Crippen MR) is 64.0 cm³/mol. The summed E-state index contributed by atoms with van der Waals surface area (Å²) >= 11 is 1.37. The number of hydrogen-bond acceptors (Lipinski definition) is 5. The van der Waals surface area contributed by atoms with Crippen molar-refractivity contribution in [3.8, 4) is 6.07 Å². The number of nitrogens with zero attached hydrogens (tertiary/aromatic N) is 3. The first kappa shape index (κ1) is 11.8. The Morgan fingerprint density at radius 2 is 1.87 bits per heavy atom. The summed E-state index contributed by atoms with van der Waals surface area (Å²) < 4.78 is 0. The fourth-order valence-corrected chi connectivity index (χ4v) is 2.69. The quantitative estimate of drug-likeness (QED) is 0.855. The number of anilines is 2. The monoisotopic (exact) mass is 224 g/mol. The van der Waals surface area contributed by atoms with Crippen LogP contribution in [0.5, 0.6) is 0 Å². The fraction of sp³-hybridized carbons (Fsp3) is 0.600. The first-order valence-electron chi connectivity index (χ1n) is 4.92. The van der Waals surface area contributed by atoms with Gasteiger partial charge in [0.25, 0.3) is 0 Å². The number of nitrogen functional groups attached to an aromatic ring is 1. The number of nitrogens with two attached hydrogens (primary N) is 1. The van der Waals surface area contributed by atoms with Gasteiger partial charge in [0.2, 0.25) is 0 Å². The van der Waals surface area contributed by atoms with E-state index in [4.69, 9.17) is 11.0 Å².